The van der Waals surface area contributed by atoms with Crippen molar-refractivity contribution in [1.29, 1.82) is 0 Å². The van der Waals surface area contributed by atoms with E-state index in [0.29, 0.717) is 5.09 Å². The van der Waals surface area contributed by atoms with Crippen LogP contribution in [0.3, 0.4) is 0 Å². The summed E-state index contributed by atoms with van der Waals surface area (Å²) in [5.41, 5.74) is 5.44. The molecular weight excluding hydrogens is 104 g/mol. The second kappa shape index (κ2) is 1.54. The third-order valence-electron chi connectivity index (χ3n) is 0.728. The summed E-state index contributed by atoms with van der Waals surface area (Å²) in [6.07, 6.45) is 1.26. The first kappa shape index (κ1) is 3.50. The van der Waals surface area contributed by atoms with E-state index in [4.69, 9.17) is 13.7 Å². The fourth-order valence-electron chi connectivity index (χ4n) is 0.349. The molecule has 4 nitrogen and oxygen atoms in total. The van der Waals surface area contributed by atoms with E-state index in [1.165, 1.54) is 6.20 Å². The molecule has 1 aromatic rings. The Morgan fingerprint density at radius 1 is 2.12 bits per heavy atom. The van der Waals surface area contributed by atoms with Crippen LogP contribution in [0.2, 0.25) is 1.41 Å². The van der Waals surface area contributed by atoms with Gasteiger partial charge in [-0.25, -0.2) is 4.85 Å². The molecule has 0 unspecified atom stereocenters. The molecule has 0 aromatic carbocycles. The van der Waals surface area contributed by atoms with Crippen LogP contribution in [0.1, 0.15) is 0 Å². The molecular formula is C4H4N4. The minimum atomic E-state index is 0.0880. The van der Waals surface area contributed by atoms with Crippen molar-refractivity contribution in [3.63, 3.8) is 0 Å². The smallest absolute Gasteiger partial charge is 0.246 e. The van der Waals surface area contributed by atoms with Crippen LogP contribution in [0.25, 0.3) is 4.85 Å². The molecule has 0 fully saturated rings. The Labute approximate surface area is 47.6 Å². The van der Waals surface area contributed by atoms with Crippen molar-refractivity contribution >= 4 is 11.5 Å². The molecule has 3 N–H and O–H groups in total. The SMILES string of the molecule is [2H]n1ncc([N+]#[C-])c1N. The Kier molecular flexibility index (Phi) is 0.674. The van der Waals surface area contributed by atoms with Crippen LogP contribution in [0.15, 0.2) is 6.20 Å². The van der Waals surface area contributed by atoms with Crippen LogP contribution < -0.4 is 5.73 Å². The number of H-pyrrole nitrogens is 1. The number of hydrogen-bond donors (Lipinski definition) is 2. The van der Waals surface area contributed by atoms with Crippen molar-refractivity contribution < 1.29 is 1.41 Å². The molecule has 1 rings (SSSR count). The number of aromatic amines is 1. The lowest BCUT2D eigenvalue weighted by Crippen LogP contribution is -1.82. The number of nitrogens with two attached hydrogens (primary N) is 1. The van der Waals surface area contributed by atoms with Crippen LogP contribution in [0.5, 0.6) is 0 Å². The lowest BCUT2D eigenvalue weighted by atomic mass is 10.5. The third kappa shape index (κ3) is 0.500. The predicted molar refractivity (Wildman–Crippen MR) is 29.3 cm³/mol. The van der Waals surface area contributed by atoms with Crippen molar-refractivity contribution in [3.8, 4) is 0 Å². The number of aromatic nitrogens is 2. The van der Waals surface area contributed by atoms with E-state index in [1.54, 1.807) is 0 Å². The Morgan fingerprint density at radius 2 is 2.88 bits per heavy atom. The molecule has 0 spiro atoms. The van der Waals surface area contributed by atoms with Gasteiger partial charge >= 0.3 is 0 Å². The summed E-state index contributed by atoms with van der Waals surface area (Å²) in [5.74, 6) is 0.0880. The molecule has 8 heavy (non-hydrogen) atoms. The number of rotatable bonds is 0. The lowest BCUT2D eigenvalue weighted by Gasteiger charge is -1.78. The van der Waals surface area contributed by atoms with Gasteiger partial charge in [0.1, 0.15) is 5.82 Å². The van der Waals surface area contributed by atoms with Crippen LogP contribution >= 0.6 is 0 Å². The van der Waals surface area contributed by atoms with Gasteiger partial charge < -0.3 is 5.73 Å². The summed E-state index contributed by atoms with van der Waals surface area (Å²) in [6.45, 7) is 6.51. The maximum Gasteiger partial charge on any atom is 0.246 e. The molecule has 1 aromatic heterocycles. The van der Waals surface area contributed by atoms with Gasteiger partial charge in [0, 0.05) is 0 Å². The number of anilines is 1. The summed E-state index contributed by atoms with van der Waals surface area (Å²) in [7, 11) is 0. The normalized spacial score (nSPS) is 10.1. The van der Waals surface area contributed by atoms with Crippen LogP contribution in [-0.2, 0) is 0 Å². The summed E-state index contributed by atoms with van der Waals surface area (Å²) in [4.78, 5) is 3.01. The molecule has 4 heteroatoms. The van der Waals surface area contributed by atoms with Crippen molar-refractivity contribution in [2.24, 2.45) is 0 Å². The number of nitrogens with zero attached hydrogens (tertiary/aromatic N) is 2. The van der Waals surface area contributed by atoms with Gasteiger partial charge in [0.2, 0.25) is 5.69 Å². The highest BCUT2D eigenvalue weighted by Gasteiger charge is 1.95. The van der Waals surface area contributed by atoms with E-state index in [0.717, 1.165) is 0 Å². The van der Waals surface area contributed by atoms with Crippen LogP contribution in [0.4, 0.5) is 11.5 Å². The molecule has 0 amide bonds. The van der Waals surface area contributed by atoms with Crippen molar-refractivity contribution in [1.82, 2.24) is 10.2 Å². The van der Waals surface area contributed by atoms with Gasteiger partial charge in [-0.1, -0.05) is 0 Å². The van der Waals surface area contributed by atoms with Crippen molar-refractivity contribution in [2.75, 3.05) is 5.73 Å². The van der Waals surface area contributed by atoms with E-state index >= 15 is 0 Å². The van der Waals surface area contributed by atoms with Gasteiger partial charge in [-0.3, -0.25) is 5.09 Å². The fraction of sp³-hybridized carbons (Fsp3) is 0. The standard InChI is InChI=1S/C4H4N4/c1-6-3-2-7-8-4(3)5/h2H,(H3,5,7,8)/i/hD. The van der Waals surface area contributed by atoms with E-state index in [9.17, 15) is 0 Å². The van der Waals surface area contributed by atoms with Gasteiger partial charge in [0.25, 0.3) is 0 Å². The van der Waals surface area contributed by atoms with Gasteiger partial charge in [0.15, 0.2) is 1.41 Å². The zero-order chi connectivity index (χ0) is 6.85. The highest BCUT2D eigenvalue weighted by Crippen LogP contribution is 2.15. The Bertz CT molecular complexity index is 258. The van der Waals surface area contributed by atoms with Crippen molar-refractivity contribution in [3.05, 3.63) is 17.6 Å². The molecule has 1 heterocycles. The fourth-order valence-corrected chi connectivity index (χ4v) is 0.349. The van der Waals surface area contributed by atoms with Gasteiger partial charge in [-0.2, -0.15) is 5.10 Å². The maximum absolute atomic E-state index is 6.88. The molecule has 0 saturated carbocycles. The minimum Gasteiger partial charge on any atom is -0.393 e. The molecule has 0 bridgehead atoms. The lowest BCUT2D eigenvalue weighted by molar-refractivity contribution is 1.10. The predicted octanol–water partition coefficient (Wildman–Crippen LogP) is 0.543. The zero-order valence-corrected chi connectivity index (χ0v) is 4.00. The zero-order valence-electron chi connectivity index (χ0n) is 5.00. The largest absolute Gasteiger partial charge is 0.393 e. The first-order chi connectivity index (χ1) is 4.25. The monoisotopic (exact) mass is 109 g/mol. The van der Waals surface area contributed by atoms with Gasteiger partial charge in [-0.05, 0) is 0 Å². The van der Waals surface area contributed by atoms with Crippen LogP contribution in [-0.4, -0.2) is 10.2 Å². The average Bonchev–Trinajstić information content (AvgIpc) is 2.15. The topological polar surface area (TPSA) is 59.1 Å². The molecule has 0 saturated heterocycles. The number of nitrogen functional groups attached to an aromatic ring is 1. The highest BCUT2D eigenvalue weighted by molar-refractivity contribution is 5.60. The molecule has 0 aliphatic carbocycles. The maximum atomic E-state index is 6.88. The summed E-state index contributed by atoms with van der Waals surface area (Å²) >= 11 is 0. The average molecular weight is 109 g/mol. The molecule has 40 valence electrons. The van der Waals surface area contributed by atoms with E-state index in [2.05, 4.69) is 9.94 Å². The first-order valence-electron chi connectivity index (χ1n) is 2.40. The van der Waals surface area contributed by atoms with Gasteiger partial charge in [-0.15, -0.1) is 0 Å². The second-order valence-corrected chi connectivity index (χ2v) is 1.23. The minimum absolute atomic E-state index is 0.0880. The van der Waals surface area contributed by atoms with E-state index in [1.807, 2.05) is 0 Å². The summed E-state index contributed by atoms with van der Waals surface area (Å²) in [5, 5.41) is 4.15. The number of hydrogen-bond acceptors (Lipinski definition) is 2. The molecule has 0 aliphatic rings. The quantitative estimate of drug-likeness (QED) is 0.478. The van der Waals surface area contributed by atoms with E-state index < -0.39 is 0 Å². The third-order valence-corrected chi connectivity index (χ3v) is 0.728. The first-order valence-corrected chi connectivity index (χ1v) is 1.96. The van der Waals surface area contributed by atoms with Gasteiger partial charge in [0.05, 0.1) is 12.8 Å². The summed E-state index contributed by atoms with van der Waals surface area (Å²) in [6, 6.07) is 0. The highest BCUT2D eigenvalue weighted by atomic mass is 15.2. The molecule has 0 atom stereocenters. The molecule has 0 aliphatic heterocycles. The van der Waals surface area contributed by atoms with E-state index in [-0.39, 0.29) is 11.5 Å². The Morgan fingerprint density at radius 3 is 3.12 bits per heavy atom. The number of nitrogens with one attached hydrogen (secondary N) is 1. The van der Waals surface area contributed by atoms with Crippen molar-refractivity contribution in [2.45, 2.75) is 0 Å². The molecule has 0 radical (unpaired) electrons. The Balaban J connectivity index is 3.24. The van der Waals surface area contributed by atoms with Crippen LogP contribution in [0, 0.1) is 6.57 Å². The summed E-state index contributed by atoms with van der Waals surface area (Å²) < 4.78 is 6.88. The Hall–Kier alpha value is -1.50. The second-order valence-electron chi connectivity index (χ2n) is 1.23.